The van der Waals surface area contributed by atoms with Gasteiger partial charge in [-0.1, -0.05) is 12.1 Å². The molecule has 6 heteroatoms. The highest BCUT2D eigenvalue weighted by molar-refractivity contribution is 5.35. The summed E-state index contributed by atoms with van der Waals surface area (Å²) in [5.74, 6) is 0.715. The molecule has 1 rings (SSSR count). The van der Waals surface area contributed by atoms with Crippen molar-refractivity contribution < 1.29 is 25.2 Å². The molecule has 0 aliphatic rings. The van der Waals surface area contributed by atoms with Gasteiger partial charge in [-0.15, -0.1) is 0 Å². The maximum absolute atomic E-state index is 9.89. The Labute approximate surface area is 125 Å². The van der Waals surface area contributed by atoms with E-state index in [1.807, 2.05) is 32.0 Å². The van der Waals surface area contributed by atoms with Gasteiger partial charge in [0, 0.05) is 6.54 Å². The quantitative estimate of drug-likeness (QED) is 0.415. The van der Waals surface area contributed by atoms with Gasteiger partial charge in [0.05, 0.1) is 25.4 Å². The number of ether oxygens (including phenoxy) is 1. The zero-order valence-electron chi connectivity index (χ0n) is 12.5. The summed E-state index contributed by atoms with van der Waals surface area (Å²) in [5, 5.41) is 40.2. The normalized spacial score (nSPS) is 13.2. The van der Waals surface area contributed by atoms with E-state index in [9.17, 15) is 5.11 Å². The second kappa shape index (κ2) is 8.31. The minimum Gasteiger partial charge on any atom is -0.491 e. The van der Waals surface area contributed by atoms with Crippen LogP contribution in [0.3, 0.4) is 0 Å². The first-order valence-corrected chi connectivity index (χ1v) is 6.92. The van der Waals surface area contributed by atoms with Crippen molar-refractivity contribution in [3.05, 3.63) is 29.3 Å². The van der Waals surface area contributed by atoms with Crippen molar-refractivity contribution in [2.45, 2.75) is 25.5 Å². The number of rotatable bonds is 9. The minimum atomic E-state index is -1.19. The lowest BCUT2D eigenvalue weighted by Gasteiger charge is -2.30. The topological polar surface area (TPSA) is 102 Å². The molecule has 0 aliphatic heterocycles. The first-order valence-electron chi connectivity index (χ1n) is 6.92. The zero-order chi connectivity index (χ0) is 15.9. The maximum Gasteiger partial charge on any atom is 0.122 e. The molecule has 0 bridgehead atoms. The molecule has 0 amide bonds. The second-order valence-electron chi connectivity index (χ2n) is 5.37. The monoisotopic (exact) mass is 299 g/mol. The molecule has 0 saturated carbocycles. The van der Waals surface area contributed by atoms with Gasteiger partial charge in [0.15, 0.2) is 0 Å². The van der Waals surface area contributed by atoms with Gasteiger partial charge in [-0.25, -0.2) is 0 Å². The van der Waals surface area contributed by atoms with Crippen LogP contribution in [0, 0.1) is 13.8 Å². The highest BCUT2D eigenvalue weighted by Gasteiger charge is 2.28. The van der Waals surface area contributed by atoms with Gasteiger partial charge in [-0.05, 0) is 31.0 Å². The molecule has 0 aliphatic carbocycles. The van der Waals surface area contributed by atoms with Crippen LogP contribution in [0.2, 0.25) is 0 Å². The molecule has 0 heterocycles. The van der Waals surface area contributed by atoms with E-state index in [4.69, 9.17) is 20.1 Å². The zero-order valence-corrected chi connectivity index (χ0v) is 12.5. The third-order valence-electron chi connectivity index (χ3n) is 3.40. The molecule has 1 unspecified atom stereocenters. The highest BCUT2D eigenvalue weighted by Crippen LogP contribution is 2.19. The Balaban J connectivity index is 2.47. The van der Waals surface area contributed by atoms with E-state index >= 15 is 0 Å². The lowest BCUT2D eigenvalue weighted by Crippen LogP contribution is -2.57. The average Bonchev–Trinajstić information content (AvgIpc) is 2.50. The van der Waals surface area contributed by atoms with Crippen molar-refractivity contribution in [3.8, 4) is 5.75 Å². The first kappa shape index (κ1) is 17.9. The smallest absolute Gasteiger partial charge is 0.122 e. The van der Waals surface area contributed by atoms with Crippen LogP contribution in [0.1, 0.15) is 11.1 Å². The van der Waals surface area contributed by atoms with E-state index < -0.39 is 31.5 Å². The Hall–Kier alpha value is -1.18. The molecule has 1 atom stereocenters. The number of aliphatic hydroxyl groups excluding tert-OH is 4. The van der Waals surface area contributed by atoms with Crippen LogP contribution in [-0.4, -0.2) is 65.0 Å². The van der Waals surface area contributed by atoms with Crippen LogP contribution >= 0.6 is 0 Å². The molecule has 0 spiro atoms. The summed E-state index contributed by atoms with van der Waals surface area (Å²) in [4.78, 5) is 0. The Morgan fingerprint density at radius 2 is 1.76 bits per heavy atom. The van der Waals surface area contributed by atoms with E-state index in [0.717, 1.165) is 11.1 Å². The number of β-amino-alcohol motifs (C(OH)–C–C–N with tert-alkyl or cyclic N) is 1. The summed E-state index contributed by atoms with van der Waals surface area (Å²) >= 11 is 0. The molecule has 5 N–H and O–H groups in total. The van der Waals surface area contributed by atoms with Crippen LogP contribution < -0.4 is 10.1 Å². The van der Waals surface area contributed by atoms with Crippen LogP contribution in [0.4, 0.5) is 0 Å². The summed E-state index contributed by atoms with van der Waals surface area (Å²) in [7, 11) is 0. The Morgan fingerprint density at radius 3 is 2.33 bits per heavy atom. The summed E-state index contributed by atoms with van der Waals surface area (Å²) < 4.78 is 5.57. The van der Waals surface area contributed by atoms with E-state index in [1.54, 1.807) is 0 Å². The fraction of sp³-hybridized carbons (Fsp3) is 0.600. The fourth-order valence-electron chi connectivity index (χ4n) is 1.76. The molecule has 1 aromatic carbocycles. The number of nitrogens with one attached hydrogen (secondary N) is 1. The molecule has 120 valence electrons. The molecule has 21 heavy (non-hydrogen) atoms. The molecule has 0 radical (unpaired) electrons. The molecule has 0 saturated heterocycles. The molecule has 0 aromatic heterocycles. The number of hydrogen-bond donors (Lipinski definition) is 5. The van der Waals surface area contributed by atoms with Crippen molar-refractivity contribution in [1.82, 2.24) is 5.32 Å². The summed E-state index contributed by atoms with van der Waals surface area (Å²) in [5.41, 5.74) is 0.861. The molecule has 0 fully saturated rings. The Morgan fingerprint density at radius 1 is 1.14 bits per heavy atom. The van der Waals surface area contributed by atoms with Gasteiger partial charge in [-0.2, -0.15) is 0 Å². The predicted octanol–water partition coefficient (Wildman–Crippen LogP) is -0.652. The molecule has 6 nitrogen and oxygen atoms in total. The Bertz CT molecular complexity index is 426. The first-order chi connectivity index (χ1) is 9.96. The SMILES string of the molecule is Cc1ccc(C)c(OCC(O)CNC(CO)(CO)CO)c1. The number of benzene rings is 1. The number of aryl methyl sites for hydroxylation is 2. The van der Waals surface area contributed by atoms with Crippen LogP contribution in [0.15, 0.2) is 18.2 Å². The Kier molecular flexibility index (Phi) is 7.07. The molecule has 1 aromatic rings. The minimum absolute atomic E-state index is 0.0790. The van der Waals surface area contributed by atoms with Crippen LogP contribution in [-0.2, 0) is 0 Å². The van der Waals surface area contributed by atoms with Gasteiger partial charge < -0.3 is 30.5 Å². The number of hydrogen-bond acceptors (Lipinski definition) is 6. The van der Waals surface area contributed by atoms with Gasteiger partial charge in [0.1, 0.15) is 18.5 Å². The molecular formula is C15H25NO5. The van der Waals surface area contributed by atoms with Crippen molar-refractivity contribution in [2.75, 3.05) is 33.0 Å². The standard InChI is InChI=1S/C15H25NO5/c1-11-3-4-12(2)14(5-11)21-7-13(20)6-16-15(8-17,9-18)10-19/h3-5,13,16-20H,6-10H2,1-2H3. The largest absolute Gasteiger partial charge is 0.491 e. The van der Waals surface area contributed by atoms with Gasteiger partial charge >= 0.3 is 0 Å². The summed E-state index contributed by atoms with van der Waals surface area (Å²) in [6.07, 6.45) is -0.825. The van der Waals surface area contributed by atoms with Gasteiger partial charge in [0.25, 0.3) is 0 Å². The second-order valence-corrected chi connectivity index (χ2v) is 5.37. The van der Waals surface area contributed by atoms with E-state index in [1.165, 1.54) is 0 Å². The van der Waals surface area contributed by atoms with E-state index in [0.29, 0.717) is 5.75 Å². The third-order valence-corrected chi connectivity index (χ3v) is 3.40. The van der Waals surface area contributed by atoms with Crippen molar-refractivity contribution >= 4 is 0 Å². The van der Waals surface area contributed by atoms with Crippen molar-refractivity contribution in [1.29, 1.82) is 0 Å². The van der Waals surface area contributed by atoms with Crippen molar-refractivity contribution in [3.63, 3.8) is 0 Å². The third kappa shape index (κ3) is 5.26. The van der Waals surface area contributed by atoms with E-state index in [-0.39, 0.29) is 13.2 Å². The highest BCUT2D eigenvalue weighted by atomic mass is 16.5. The lowest BCUT2D eigenvalue weighted by atomic mass is 10.0. The van der Waals surface area contributed by atoms with Crippen LogP contribution in [0.25, 0.3) is 0 Å². The van der Waals surface area contributed by atoms with Crippen molar-refractivity contribution in [2.24, 2.45) is 0 Å². The maximum atomic E-state index is 9.89. The fourth-order valence-corrected chi connectivity index (χ4v) is 1.76. The average molecular weight is 299 g/mol. The van der Waals surface area contributed by atoms with E-state index in [2.05, 4.69) is 5.32 Å². The summed E-state index contributed by atoms with van der Waals surface area (Å²) in [6.45, 7) is 2.78. The number of aliphatic hydroxyl groups is 4. The van der Waals surface area contributed by atoms with Gasteiger partial charge in [0.2, 0.25) is 0 Å². The van der Waals surface area contributed by atoms with Gasteiger partial charge in [-0.3, -0.25) is 0 Å². The lowest BCUT2D eigenvalue weighted by molar-refractivity contribution is 0.0260. The predicted molar refractivity (Wildman–Crippen MR) is 79.4 cm³/mol. The summed E-state index contributed by atoms with van der Waals surface area (Å²) in [6, 6.07) is 5.83. The van der Waals surface area contributed by atoms with Crippen LogP contribution in [0.5, 0.6) is 5.75 Å². The molecular weight excluding hydrogens is 274 g/mol.